The number of rotatable bonds is 7. The van der Waals surface area contributed by atoms with Crippen molar-refractivity contribution in [2.24, 2.45) is 5.41 Å². The van der Waals surface area contributed by atoms with E-state index in [-0.39, 0.29) is 16.7 Å². The van der Waals surface area contributed by atoms with Gasteiger partial charge in [-0.3, -0.25) is 9.55 Å². The molecule has 0 aliphatic heterocycles. The van der Waals surface area contributed by atoms with Crippen LogP contribution in [0.15, 0.2) is 140 Å². The maximum absolute atomic E-state index is 13.2. The number of pyridine rings is 1. The van der Waals surface area contributed by atoms with E-state index in [9.17, 15) is 7.85 Å². The quantitative estimate of drug-likeness (QED) is 0.173. The smallest absolute Gasteiger partial charge is 0.149 e. The molecule has 4 nitrogen and oxygen atoms in total. The predicted octanol–water partition coefficient (Wildman–Crippen LogP) is 17.2. The van der Waals surface area contributed by atoms with Crippen LogP contribution in [0.3, 0.4) is 0 Å². The molecular weight excluding hydrogens is 815 g/mol. The Morgan fingerprint density at radius 3 is 1.90 bits per heavy atom. The molecule has 2 aromatic heterocycles. The molecule has 0 spiro atoms. The summed E-state index contributed by atoms with van der Waals surface area (Å²) in [6.45, 7) is -8.59. The van der Waals surface area contributed by atoms with Gasteiger partial charge in [-0.25, -0.2) is 4.98 Å². The highest BCUT2D eigenvalue weighted by Gasteiger charge is 2.30. The van der Waals surface area contributed by atoms with Crippen LogP contribution in [0.1, 0.15) is 161 Å². The lowest BCUT2D eigenvalue weighted by atomic mass is 9.79. The summed E-state index contributed by atoms with van der Waals surface area (Å²) >= 11 is 0. The molecule has 0 aliphatic carbocycles. The molecule has 0 fully saturated rings. The van der Waals surface area contributed by atoms with Crippen LogP contribution in [0.4, 0.5) is 0 Å². The number of nitrogens with zero attached hydrogens (tertiary/aromatic N) is 3. The number of imidazole rings is 1. The van der Waals surface area contributed by atoms with Crippen molar-refractivity contribution in [3.8, 4) is 67.5 Å². The van der Waals surface area contributed by atoms with Gasteiger partial charge in [-0.1, -0.05) is 188 Å². The van der Waals surface area contributed by atoms with E-state index in [0.717, 1.165) is 22.3 Å². The molecule has 67 heavy (non-hydrogen) atoms. The second-order valence-electron chi connectivity index (χ2n) is 20.4. The van der Waals surface area contributed by atoms with Gasteiger partial charge >= 0.3 is 0 Å². The Kier molecular flexibility index (Phi) is 6.88. The van der Waals surface area contributed by atoms with E-state index in [1.54, 1.807) is 79.0 Å². The average molecular weight is 908 g/mol. The van der Waals surface area contributed by atoms with E-state index < -0.39 is 115 Å². The molecule has 0 bridgehead atoms. The molecular formula is C63H71N3O. The van der Waals surface area contributed by atoms with E-state index in [2.05, 4.69) is 0 Å². The highest BCUT2D eigenvalue weighted by molar-refractivity contribution is 5.98. The largest absolute Gasteiger partial charge is 0.507 e. The third kappa shape index (κ3) is 9.91. The maximum Gasteiger partial charge on any atom is 0.149 e. The fourth-order valence-corrected chi connectivity index (χ4v) is 8.25. The van der Waals surface area contributed by atoms with Crippen LogP contribution in [0.2, 0.25) is 0 Å². The zero-order valence-corrected chi connectivity index (χ0v) is 39.4. The highest BCUT2D eigenvalue weighted by atomic mass is 16.3. The van der Waals surface area contributed by atoms with E-state index in [4.69, 9.17) is 37.4 Å². The topological polar surface area (TPSA) is 50.9 Å². The average Bonchev–Trinajstić information content (AvgIpc) is 1.10. The van der Waals surface area contributed by atoms with Gasteiger partial charge in [0.2, 0.25) is 0 Å². The molecule has 0 atom stereocenters. The summed E-state index contributed by atoms with van der Waals surface area (Å²) in [6.07, 6.45) is 0.00608. The van der Waals surface area contributed by atoms with Gasteiger partial charge in [-0.05, 0) is 126 Å². The minimum absolute atomic E-state index is 0.0367. The first-order valence-electron chi connectivity index (χ1n) is 33.2. The molecule has 0 radical (unpaired) electrons. The van der Waals surface area contributed by atoms with Gasteiger partial charge < -0.3 is 5.11 Å². The summed E-state index contributed by atoms with van der Waals surface area (Å²) < 4.78 is 198. The molecule has 0 aliphatic rings. The maximum atomic E-state index is 13.2. The Bertz CT molecular complexity index is 3840. The number of hydrogen-bond donors (Lipinski definition) is 1. The van der Waals surface area contributed by atoms with E-state index in [1.165, 1.54) is 4.57 Å². The third-order valence-corrected chi connectivity index (χ3v) is 11.7. The molecule has 8 aromatic rings. The first kappa shape index (κ1) is 26.9. The Morgan fingerprint density at radius 1 is 0.552 bits per heavy atom. The molecule has 2 heterocycles. The van der Waals surface area contributed by atoms with Crippen molar-refractivity contribution in [1.82, 2.24) is 14.5 Å². The van der Waals surface area contributed by atoms with Gasteiger partial charge in [0.1, 0.15) is 11.6 Å². The lowest BCUT2D eigenvalue weighted by molar-refractivity contribution is 0.411. The van der Waals surface area contributed by atoms with Crippen molar-refractivity contribution in [2.75, 3.05) is 0 Å². The van der Waals surface area contributed by atoms with Crippen LogP contribution in [0.5, 0.6) is 5.75 Å². The van der Waals surface area contributed by atoms with Crippen LogP contribution < -0.4 is 0 Å². The number of aromatic nitrogens is 3. The van der Waals surface area contributed by atoms with Gasteiger partial charge in [0.15, 0.2) is 0 Å². The zero-order valence-electron chi connectivity index (χ0n) is 61.4. The molecule has 4 heteroatoms. The highest BCUT2D eigenvalue weighted by Crippen LogP contribution is 2.46. The van der Waals surface area contributed by atoms with Gasteiger partial charge in [0, 0.05) is 55.9 Å². The summed E-state index contributed by atoms with van der Waals surface area (Å²) in [5.74, 6) is -2.38. The zero-order chi connectivity index (χ0) is 67.0. The number of hydrogen-bond acceptors (Lipinski definition) is 3. The number of phenols is 1. The van der Waals surface area contributed by atoms with Crippen molar-refractivity contribution in [1.29, 1.82) is 0 Å². The monoisotopic (exact) mass is 908 g/mol. The van der Waals surface area contributed by atoms with Crippen LogP contribution in [0, 0.1) is 5.41 Å². The molecule has 8 rings (SSSR count). The molecule has 0 unspecified atom stereocenters. The Hall–Kier alpha value is -6.26. The van der Waals surface area contributed by atoms with Gasteiger partial charge in [0.25, 0.3) is 0 Å². The Labute approximate surface area is 432 Å². The van der Waals surface area contributed by atoms with Crippen LogP contribution in [-0.2, 0) is 28.0 Å². The second kappa shape index (κ2) is 17.1. The number of benzene rings is 6. The number of phenolic OH excluding ortho intramolecular Hbond substituents is 1. The minimum Gasteiger partial charge on any atom is -0.507 e. The first-order valence-corrected chi connectivity index (χ1v) is 22.2. The molecule has 0 amide bonds. The summed E-state index contributed by atoms with van der Waals surface area (Å²) in [6, 6.07) is 32.3. The van der Waals surface area contributed by atoms with Crippen LogP contribution in [0.25, 0.3) is 72.7 Å². The lowest BCUT2D eigenvalue weighted by Crippen LogP contribution is -2.17. The summed E-state index contributed by atoms with van der Waals surface area (Å²) in [7, 11) is 0. The second-order valence-corrected chi connectivity index (χ2v) is 20.4. The fourth-order valence-electron chi connectivity index (χ4n) is 8.25. The summed E-state index contributed by atoms with van der Waals surface area (Å²) in [5.41, 5.74) is -8.49. The normalized spacial score (nSPS) is 19.0. The molecule has 0 saturated heterocycles. The molecule has 344 valence electrons. The minimum atomic E-state index is -4.44. The van der Waals surface area contributed by atoms with Crippen molar-refractivity contribution in [2.45, 2.75) is 131 Å². The third-order valence-electron chi connectivity index (χ3n) is 11.7. The standard InChI is InChI=1S/C63H71N3O/c1-59(2,3)39-40-24-26-41(27-25-40)43-30-31-64-53(35-43)45-32-44(33-47(34-45)61(7,8)9)49-22-19-23-55-56(49)65-58(51-37-48(62(10,11)12)38-52(57(51)67)63(13,14)15)66(55)54-29-28-46(60(4,5)6)36-50(54)42-20-17-16-18-21-42/h16-38,67H,39H2,1-15H3/i10D3,11D3,12D3,13D3,14D3,15D3,37D,38D,39D2. The van der Waals surface area contributed by atoms with Crippen LogP contribution in [-0.4, -0.2) is 19.6 Å². The van der Waals surface area contributed by atoms with E-state index >= 15 is 0 Å². The SMILES string of the molecule is [2H]c1c(-c2nc3c(-c4cc(-c5cc(-c6ccc(C([2H])([2H])C(C)(C)C)cc6)ccn5)cc(C(C)(C)C)c4)cccc3n2-c2ccc(C(C)(C)C)cc2-c2ccccc2)c(O)c(C(C([2H])([2H])[2H])(C([2H])([2H])[2H])C([2H])([2H])[2H])c([2H])c1C(C([2H])([2H])[2H])(C([2H])([2H])[2H])C([2H])([2H])[2H]. The fraction of sp³-hybridized carbons (Fsp3) is 0.333. The first-order chi connectivity index (χ1) is 40.4. The van der Waals surface area contributed by atoms with Crippen molar-refractivity contribution in [3.63, 3.8) is 0 Å². The molecule has 6 aromatic carbocycles. The lowest BCUT2D eigenvalue weighted by Gasteiger charge is -2.28. The van der Waals surface area contributed by atoms with Crippen molar-refractivity contribution in [3.05, 3.63) is 167 Å². The van der Waals surface area contributed by atoms with Gasteiger partial charge in [-0.15, -0.1) is 0 Å². The van der Waals surface area contributed by atoms with Crippen molar-refractivity contribution >= 4 is 11.0 Å². The van der Waals surface area contributed by atoms with E-state index in [0.29, 0.717) is 39.1 Å². The molecule has 0 saturated carbocycles. The van der Waals surface area contributed by atoms with Gasteiger partial charge in [0.05, 0.1) is 30.7 Å². The Morgan fingerprint density at radius 2 is 1.24 bits per heavy atom. The summed E-state index contributed by atoms with van der Waals surface area (Å²) in [4.78, 5) is 9.94. The number of para-hydroxylation sites is 1. The predicted molar refractivity (Wildman–Crippen MR) is 286 cm³/mol. The summed E-state index contributed by atoms with van der Waals surface area (Å²) in [5, 5.41) is 13.2. The number of aromatic hydroxyl groups is 1. The number of fused-ring (bicyclic) bond motifs is 1. The van der Waals surface area contributed by atoms with Crippen molar-refractivity contribution < 1.29 is 35.3 Å². The Balaban J connectivity index is 1.61. The van der Waals surface area contributed by atoms with Crippen LogP contribution >= 0.6 is 0 Å². The molecule has 1 N–H and O–H groups in total. The van der Waals surface area contributed by atoms with Gasteiger partial charge in [-0.2, -0.15) is 0 Å². The van der Waals surface area contributed by atoms with E-state index in [1.807, 2.05) is 111 Å².